The van der Waals surface area contributed by atoms with Gasteiger partial charge in [-0.05, 0) is 37.3 Å². The fourth-order valence-corrected chi connectivity index (χ4v) is 3.82. The van der Waals surface area contributed by atoms with Crippen LogP contribution in [-0.2, 0) is 0 Å². The molecule has 6 nitrogen and oxygen atoms in total. The number of nitrogens with one attached hydrogen (secondary N) is 3. The third kappa shape index (κ3) is 2.19. The maximum Gasteiger partial charge on any atom is 0.270 e. The first-order chi connectivity index (χ1) is 10.3. The van der Waals surface area contributed by atoms with Gasteiger partial charge in [-0.3, -0.25) is 4.79 Å². The second-order valence-corrected chi connectivity index (χ2v) is 6.06. The smallest absolute Gasteiger partial charge is 0.270 e. The molecular formula is C15H19N5O. The van der Waals surface area contributed by atoms with E-state index in [2.05, 4.69) is 25.6 Å². The molecule has 0 radical (unpaired) electrons. The van der Waals surface area contributed by atoms with Gasteiger partial charge in [0.2, 0.25) is 0 Å². The Bertz CT molecular complexity index is 667. The topological polar surface area (TPSA) is 82.7 Å². The quantitative estimate of drug-likeness (QED) is 0.771. The maximum absolute atomic E-state index is 12.6. The molecule has 2 fully saturated rings. The number of nitrogens with zero attached hydrogens (tertiary/aromatic N) is 2. The number of carbonyl (C=O) groups is 1. The number of rotatable bonds is 2. The van der Waals surface area contributed by atoms with Gasteiger partial charge in [-0.15, -0.1) is 0 Å². The van der Waals surface area contributed by atoms with E-state index >= 15 is 0 Å². The molecule has 0 bridgehead atoms. The van der Waals surface area contributed by atoms with Crippen LogP contribution in [0.5, 0.6) is 0 Å². The lowest BCUT2D eigenvalue weighted by molar-refractivity contribution is 0.0894. The second-order valence-electron chi connectivity index (χ2n) is 6.06. The van der Waals surface area contributed by atoms with Crippen molar-refractivity contribution in [3.63, 3.8) is 0 Å². The van der Waals surface area contributed by atoms with Crippen molar-refractivity contribution in [3.8, 4) is 0 Å². The summed E-state index contributed by atoms with van der Waals surface area (Å²) in [7, 11) is 0. The predicted octanol–water partition coefficient (Wildman–Crippen LogP) is 1.08. The normalized spacial score (nSPS) is 28.5. The summed E-state index contributed by atoms with van der Waals surface area (Å²) < 4.78 is 0. The van der Waals surface area contributed by atoms with Gasteiger partial charge >= 0.3 is 0 Å². The lowest BCUT2D eigenvalue weighted by atomic mass is 9.78. The largest absolute Gasteiger partial charge is 0.348 e. The van der Waals surface area contributed by atoms with Crippen LogP contribution in [0.15, 0.2) is 18.6 Å². The molecule has 3 atom stereocenters. The van der Waals surface area contributed by atoms with E-state index < -0.39 is 0 Å². The third-order valence-corrected chi connectivity index (χ3v) is 4.88. The molecule has 0 spiro atoms. The van der Waals surface area contributed by atoms with Crippen LogP contribution in [0.1, 0.15) is 29.8 Å². The van der Waals surface area contributed by atoms with Gasteiger partial charge in [0.1, 0.15) is 17.7 Å². The molecule has 21 heavy (non-hydrogen) atoms. The molecule has 4 rings (SSSR count). The molecule has 1 amide bonds. The summed E-state index contributed by atoms with van der Waals surface area (Å²) in [4.78, 5) is 23.9. The van der Waals surface area contributed by atoms with E-state index in [0.717, 1.165) is 24.9 Å². The van der Waals surface area contributed by atoms with E-state index in [1.165, 1.54) is 19.2 Å². The zero-order valence-electron chi connectivity index (χ0n) is 11.8. The minimum atomic E-state index is -0.0837. The van der Waals surface area contributed by atoms with Crippen molar-refractivity contribution in [3.05, 3.63) is 24.3 Å². The van der Waals surface area contributed by atoms with E-state index in [0.29, 0.717) is 23.2 Å². The van der Waals surface area contributed by atoms with Gasteiger partial charge in [-0.1, -0.05) is 6.42 Å². The standard InChI is InChI=1S/C15H19N5O/c21-15(13-10-4-5-17-14(10)19-8-18-13)20-12-3-1-2-9-6-16-7-11(9)12/h4-5,8-9,11-12,16H,1-3,6-7H2,(H,20,21)(H,17,18,19). The van der Waals surface area contributed by atoms with Crippen molar-refractivity contribution in [2.24, 2.45) is 11.8 Å². The molecule has 2 aromatic heterocycles. The van der Waals surface area contributed by atoms with Crippen LogP contribution < -0.4 is 10.6 Å². The summed E-state index contributed by atoms with van der Waals surface area (Å²) in [6, 6.07) is 2.11. The SMILES string of the molecule is O=C(NC1CCCC2CNCC21)c1ncnc2[nH]ccc12. The Morgan fingerprint density at radius 2 is 2.24 bits per heavy atom. The maximum atomic E-state index is 12.6. The molecule has 1 aliphatic heterocycles. The molecule has 1 aliphatic carbocycles. The minimum Gasteiger partial charge on any atom is -0.348 e. The van der Waals surface area contributed by atoms with E-state index in [9.17, 15) is 4.79 Å². The number of aromatic amines is 1. The lowest BCUT2D eigenvalue weighted by Crippen LogP contribution is -2.45. The highest BCUT2D eigenvalue weighted by Crippen LogP contribution is 2.32. The van der Waals surface area contributed by atoms with Crippen LogP contribution in [0, 0.1) is 11.8 Å². The fraction of sp³-hybridized carbons (Fsp3) is 0.533. The predicted molar refractivity (Wildman–Crippen MR) is 78.8 cm³/mol. The molecule has 3 unspecified atom stereocenters. The zero-order chi connectivity index (χ0) is 14.2. The Labute approximate surface area is 122 Å². The molecule has 2 aromatic rings. The first-order valence-electron chi connectivity index (χ1n) is 7.62. The number of amides is 1. The monoisotopic (exact) mass is 285 g/mol. The summed E-state index contributed by atoms with van der Waals surface area (Å²) in [5, 5.41) is 7.44. The van der Waals surface area contributed by atoms with Crippen molar-refractivity contribution in [2.75, 3.05) is 13.1 Å². The summed E-state index contributed by atoms with van der Waals surface area (Å²) in [5.74, 6) is 1.19. The highest BCUT2D eigenvalue weighted by atomic mass is 16.2. The Morgan fingerprint density at radius 1 is 1.29 bits per heavy atom. The Kier molecular flexibility index (Phi) is 3.11. The number of hydrogen-bond donors (Lipinski definition) is 3. The fourth-order valence-electron chi connectivity index (χ4n) is 3.82. The van der Waals surface area contributed by atoms with E-state index in [4.69, 9.17) is 0 Å². The van der Waals surface area contributed by atoms with Crippen molar-refractivity contribution < 1.29 is 4.79 Å². The van der Waals surface area contributed by atoms with Gasteiger partial charge in [0.05, 0.1) is 5.39 Å². The second kappa shape index (κ2) is 5.11. The molecular weight excluding hydrogens is 266 g/mol. The number of fused-ring (bicyclic) bond motifs is 2. The van der Waals surface area contributed by atoms with E-state index in [1.807, 2.05) is 6.07 Å². The highest BCUT2D eigenvalue weighted by molar-refractivity contribution is 6.03. The van der Waals surface area contributed by atoms with Crippen LogP contribution in [0.3, 0.4) is 0 Å². The molecule has 1 saturated heterocycles. The van der Waals surface area contributed by atoms with Gasteiger partial charge < -0.3 is 15.6 Å². The van der Waals surface area contributed by atoms with Crippen molar-refractivity contribution >= 4 is 16.9 Å². The van der Waals surface area contributed by atoms with Crippen molar-refractivity contribution in [1.29, 1.82) is 0 Å². The van der Waals surface area contributed by atoms with Gasteiger partial charge in [-0.2, -0.15) is 0 Å². The average molecular weight is 285 g/mol. The number of carbonyl (C=O) groups excluding carboxylic acids is 1. The zero-order valence-corrected chi connectivity index (χ0v) is 11.8. The number of H-pyrrole nitrogens is 1. The molecule has 6 heteroatoms. The van der Waals surface area contributed by atoms with Crippen molar-refractivity contribution in [1.82, 2.24) is 25.6 Å². The Hall–Kier alpha value is -1.95. The van der Waals surface area contributed by atoms with E-state index in [-0.39, 0.29) is 11.9 Å². The molecule has 0 aromatic carbocycles. The lowest BCUT2D eigenvalue weighted by Gasteiger charge is -2.33. The van der Waals surface area contributed by atoms with Crippen LogP contribution >= 0.6 is 0 Å². The van der Waals surface area contributed by atoms with Gasteiger partial charge in [0, 0.05) is 18.8 Å². The summed E-state index contributed by atoms with van der Waals surface area (Å²) in [6.45, 7) is 2.10. The minimum absolute atomic E-state index is 0.0837. The first kappa shape index (κ1) is 12.8. The molecule has 2 aliphatic rings. The molecule has 3 heterocycles. The Balaban J connectivity index is 1.56. The summed E-state index contributed by atoms with van der Waals surface area (Å²) >= 11 is 0. The van der Waals surface area contributed by atoms with Gasteiger partial charge in [0.25, 0.3) is 5.91 Å². The summed E-state index contributed by atoms with van der Waals surface area (Å²) in [5.41, 5.74) is 1.17. The Morgan fingerprint density at radius 3 is 3.19 bits per heavy atom. The van der Waals surface area contributed by atoms with Gasteiger partial charge in [-0.25, -0.2) is 9.97 Å². The molecule has 1 saturated carbocycles. The molecule has 3 N–H and O–H groups in total. The number of aromatic nitrogens is 3. The molecule has 110 valence electrons. The van der Waals surface area contributed by atoms with Gasteiger partial charge in [0.15, 0.2) is 0 Å². The highest BCUT2D eigenvalue weighted by Gasteiger charge is 2.37. The van der Waals surface area contributed by atoms with Crippen LogP contribution in [0.25, 0.3) is 11.0 Å². The third-order valence-electron chi connectivity index (χ3n) is 4.88. The van der Waals surface area contributed by atoms with Crippen molar-refractivity contribution in [2.45, 2.75) is 25.3 Å². The average Bonchev–Trinajstić information content (AvgIpc) is 3.15. The van der Waals surface area contributed by atoms with Crippen LogP contribution in [0.4, 0.5) is 0 Å². The van der Waals surface area contributed by atoms with E-state index in [1.54, 1.807) is 6.20 Å². The van der Waals surface area contributed by atoms with Crippen LogP contribution in [0.2, 0.25) is 0 Å². The van der Waals surface area contributed by atoms with Crippen LogP contribution in [-0.4, -0.2) is 40.0 Å². The summed E-state index contributed by atoms with van der Waals surface area (Å²) in [6.07, 6.45) is 6.76. The number of hydrogen-bond acceptors (Lipinski definition) is 4. The first-order valence-corrected chi connectivity index (χ1v) is 7.62.